The van der Waals surface area contributed by atoms with Gasteiger partial charge in [-0.2, -0.15) is 5.10 Å². The second kappa shape index (κ2) is 5.72. The van der Waals surface area contributed by atoms with Gasteiger partial charge < -0.3 is 9.55 Å². The number of aryl methyl sites for hydroxylation is 2. The number of fused-ring (bicyclic) bond motifs is 1. The molecule has 2 heterocycles. The first kappa shape index (κ1) is 15.3. The summed E-state index contributed by atoms with van der Waals surface area (Å²) in [6.07, 6.45) is 0.921. The average Bonchev–Trinajstić information content (AvgIpc) is 2.83. The zero-order chi connectivity index (χ0) is 15.0. The number of hydrogen-bond acceptors (Lipinski definition) is 2. The highest BCUT2D eigenvalue weighted by Crippen LogP contribution is 2.26. The maximum atomic E-state index is 5.53. The van der Waals surface area contributed by atoms with E-state index in [4.69, 9.17) is 12.2 Å². The molecule has 1 N–H and O–H groups in total. The number of rotatable bonds is 5. The lowest BCUT2D eigenvalue weighted by molar-refractivity contribution is 0.252. The van der Waals surface area contributed by atoms with E-state index < -0.39 is 0 Å². The zero-order valence-electron chi connectivity index (χ0n) is 13.4. The van der Waals surface area contributed by atoms with Crippen molar-refractivity contribution in [2.24, 2.45) is 24.8 Å². The molecule has 20 heavy (non-hydrogen) atoms. The Balaban J connectivity index is 2.51. The smallest absolute Gasteiger partial charge is 0.179 e. The van der Waals surface area contributed by atoms with Gasteiger partial charge in [0.25, 0.3) is 0 Å². The fraction of sp³-hybridized carbons (Fsp3) is 0.733. The SMILES string of the molecule is CCc1nn(C)c2c1[nH]c(=S)n2CC(C(C)C)C(C)C. The molecule has 112 valence electrons. The molecule has 2 aromatic heterocycles. The van der Waals surface area contributed by atoms with Crippen LogP contribution < -0.4 is 0 Å². The Kier molecular flexibility index (Phi) is 4.37. The summed E-state index contributed by atoms with van der Waals surface area (Å²) in [6, 6.07) is 0. The number of aromatic nitrogens is 4. The van der Waals surface area contributed by atoms with Gasteiger partial charge in [0.1, 0.15) is 5.52 Å². The van der Waals surface area contributed by atoms with Crippen molar-refractivity contribution < 1.29 is 0 Å². The number of aromatic amines is 1. The lowest BCUT2D eigenvalue weighted by Crippen LogP contribution is -2.22. The first-order valence-electron chi connectivity index (χ1n) is 7.51. The van der Waals surface area contributed by atoms with Crippen molar-refractivity contribution in [1.82, 2.24) is 19.3 Å². The van der Waals surface area contributed by atoms with E-state index >= 15 is 0 Å². The van der Waals surface area contributed by atoms with Gasteiger partial charge in [-0.25, -0.2) is 0 Å². The number of imidazole rings is 1. The second-order valence-electron chi connectivity index (χ2n) is 6.32. The van der Waals surface area contributed by atoms with E-state index in [2.05, 4.69) is 49.3 Å². The van der Waals surface area contributed by atoms with Gasteiger partial charge in [0, 0.05) is 13.6 Å². The van der Waals surface area contributed by atoms with Crippen LogP contribution in [0.3, 0.4) is 0 Å². The molecule has 0 radical (unpaired) electrons. The van der Waals surface area contributed by atoms with Crippen LogP contribution in [0.15, 0.2) is 0 Å². The molecule has 0 saturated heterocycles. The van der Waals surface area contributed by atoms with Gasteiger partial charge in [-0.05, 0) is 36.4 Å². The third-order valence-electron chi connectivity index (χ3n) is 4.26. The summed E-state index contributed by atoms with van der Waals surface area (Å²) in [5.41, 5.74) is 3.32. The molecule has 0 aromatic carbocycles. The summed E-state index contributed by atoms with van der Waals surface area (Å²) < 4.78 is 4.99. The lowest BCUT2D eigenvalue weighted by atomic mass is 9.85. The standard InChI is InChI=1S/C15H26N4S/c1-7-12-13-14(18(6)17-12)19(15(20)16-13)8-11(9(2)3)10(4)5/h9-11H,7-8H2,1-6H3,(H,16,20). The Morgan fingerprint density at radius 2 is 1.80 bits per heavy atom. The Hall–Kier alpha value is -1.10. The highest BCUT2D eigenvalue weighted by atomic mass is 32.1. The third kappa shape index (κ3) is 2.55. The van der Waals surface area contributed by atoms with Gasteiger partial charge in [-0.1, -0.05) is 34.6 Å². The van der Waals surface area contributed by atoms with Gasteiger partial charge in [0.15, 0.2) is 10.4 Å². The summed E-state index contributed by atoms with van der Waals surface area (Å²) in [5.74, 6) is 1.89. The monoisotopic (exact) mass is 294 g/mol. The van der Waals surface area contributed by atoms with E-state index in [9.17, 15) is 0 Å². The van der Waals surface area contributed by atoms with Crippen molar-refractivity contribution in [3.63, 3.8) is 0 Å². The first-order valence-corrected chi connectivity index (χ1v) is 7.92. The maximum Gasteiger partial charge on any atom is 0.179 e. The molecule has 2 rings (SSSR count). The van der Waals surface area contributed by atoms with Crippen LogP contribution in [0.5, 0.6) is 0 Å². The van der Waals surface area contributed by atoms with E-state index in [1.165, 1.54) is 0 Å². The Bertz CT molecular complexity index is 637. The summed E-state index contributed by atoms with van der Waals surface area (Å²) >= 11 is 5.53. The minimum Gasteiger partial charge on any atom is -0.328 e. The highest BCUT2D eigenvalue weighted by Gasteiger charge is 2.21. The number of H-pyrrole nitrogens is 1. The fourth-order valence-corrected chi connectivity index (χ4v) is 3.36. The highest BCUT2D eigenvalue weighted by molar-refractivity contribution is 7.71. The summed E-state index contributed by atoms with van der Waals surface area (Å²) in [6.45, 7) is 12.2. The molecule has 0 spiro atoms. The molecule has 4 nitrogen and oxygen atoms in total. The maximum absolute atomic E-state index is 5.53. The molecule has 0 amide bonds. The van der Waals surface area contributed by atoms with Gasteiger partial charge in [0.2, 0.25) is 0 Å². The molecule has 5 heteroatoms. The Labute approximate surface area is 126 Å². The van der Waals surface area contributed by atoms with Crippen LogP contribution in [0.25, 0.3) is 11.2 Å². The normalized spacial score (nSPS) is 12.4. The van der Waals surface area contributed by atoms with Gasteiger partial charge in [0.05, 0.1) is 5.69 Å². The number of nitrogens with one attached hydrogen (secondary N) is 1. The summed E-state index contributed by atoms with van der Waals surface area (Å²) in [5, 5.41) is 4.59. The quantitative estimate of drug-likeness (QED) is 0.849. The molecule has 0 fully saturated rings. The predicted molar refractivity (Wildman–Crippen MR) is 86.4 cm³/mol. The minimum atomic E-state index is 0.612. The van der Waals surface area contributed by atoms with Crippen molar-refractivity contribution in [3.8, 4) is 0 Å². The van der Waals surface area contributed by atoms with Crippen molar-refractivity contribution in [3.05, 3.63) is 10.5 Å². The van der Waals surface area contributed by atoms with Crippen LogP contribution in [0, 0.1) is 22.5 Å². The van der Waals surface area contributed by atoms with Crippen LogP contribution in [-0.4, -0.2) is 19.3 Å². The molecule has 0 aliphatic heterocycles. The molecule has 0 aliphatic carbocycles. The Morgan fingerprint density at radius 1 is 1.20 bits per heavy atom. The lowest BCUT2D eigenvalue weighted by Gasteiger charge is -2.25. The van der Waals surface area contributed by atoms with Gasteiger partial charge >= 0.3 is 0 Å². The molecule has 0 aliphatic rings. The van der Waals surface area contributed by atoms with E-state index in [0.29, 0.717) is 17.8 Å². The van der Waals surface area contributed by atoms with Crippen LogP contribution in [-0.2, 0) is 20.0 Å². The largest absolute Gasteiger partial charge is 0.328 e. The van der Waals surface area contributed by atoms with E-state index in [0.717, 1.165) is 34.6 Å². The molecule has 0 saturated carbocycles. The van der Waals surface area contributed by atoms with Crippen LogP contribution >= 0.6 is 12.2 Å². The first-order chi connectivity index (χ1) is 9.36. The van der Waals surface area contributed by atoms with E-state index in [-0.39, 0.29) is 0 Å². The van der Waals surface area contributed by atoms with Crippen LogP contribution in [0.1, 0.15) is 40.3 Å². The number of nitrogens with zero attached hydrogens (tertiary/aromatic N) is 3. The van der Waals surface area contributed by atoms with Crippen molar-refractivity contribution >= 4 is 23.4 Å². The van der Waals surface area contributed by atoms with E-state index in [1.54, 1.807) is 0 Å². The molecular weight excluding hydrogens is 268 g/mol. The van der Waals surface area contributed by atoms with Crippen LogP contribution in [0.4, 0.5) is 0 Å². The summed E-state index contributed by atoms with van der Waals surface area (Å²) in [4.78, 5) is 3.35. The molecule has 2 aromatic rings. The van der Waals surface area contributed by atoms with Crippen molar-refractivity contribution in [2.45, 2.75) is 47.6 Å². The van der Waals surface area contributed by atoms with Gasteiger partial charge in [-0.15, -0.1) is 0 Å². The summed E-state index contributed by atoms with van der Waals surface area (Å²) in [7, 11) is 2.00. The molecule has 0 unspecified atom stereocenters. The van der Waals surface area contributed by atoms with Crippen molar-refractivity contribution in [2.75, 3.05) is 0 Å². The predicted octanol–water partition coefficient (Wildman–Crippen LogP) is 3.92. The topological polar surface area (TPSA) is 38.5 Å². The van der Waals surface area contributed by atoms with Crippen LogP contribution in [0.2, 0.25) is 0 Å². The second-order valence-corrected chi connectivity index (χ2v) is 6.70. The average molecular weight is 294 g/mol. The zero-order valence-corrected chi connectivity index (χ0v) is 14.2. The molecule has 0 atom stereocenters. The molecule has 0 bridgehead atoms. The molecular formula is C15H26N4S. The minimum absolute atomic E-state index is 0.612. The van der Waals surface area contributed by atoms with Crippen molar-refractivity contribution in [1.29, 1.82) is 0 Å². The third-order valence-corrected chi connectivity index (χ3v) is 4.59. The number of hydrogen-bond donors (Lipinski definition) is 1. The van der Waals surface area contributed by atoms with E-state index in [1.807, 2.05) is 11.7 Å². The Morgan fingerprint density at radius 3 is 2.30 bits per heavy atom. The van der Waals surface area contributed by atoms with Gasteiger partial charge in [-0.3, -0.25) is 4.68 Å². The fourth-order valence-electron chi connectivity index (χ4n) is 3.10.